The molecule has 1 aromatic heterocycles. The number of amidine groups is 1. The summed E-state index contributed by atoms with van der Waals surface area (Å²) in [5, 5.41) is 11.5. The van der Waals surface area contributed by atoms with Gasteiger partial charge in [0.05, 0.1) is 18.4 Å². The number of nitrogens with zero attached hydrogens (tertiary/aromatic N) is 2. The first-order valence-corrected chi connectivity index (χ1v) is 6.34. The first-order chi connectivity index (χ1) is 9.08. The summed E-state index contributed by atoms with van der Waals surface area (Å²) in [5.41, 5.74) is 5.87. The first kappa shape index (κ1) is 13.6. The van der Waals surface area contributed by atoms with E-state index in [9.17, 15) is 0 Å². The number of ether oxygens (including phenoxy) is 2. The van der Waals surface area contributed by atoms with Gasteiger partial charge in [-0.1, -0.05) is 5.16 Å². The lowest BCUT2D eigenvalue weighted by molar-refractivity contribution is -0.0722. The Kier molecular flexibility index (Phi) is 4.21. The second kappa shape index (κ2) is 5.88. The Balaban J connectivity index is 1.99. The van der Waals surface area contributed by atoms with Crippen LogP contribution >= 0.6 is 0 Å². The lowest BCUT2D eigenvalue weighted by Crippen LogP contribution is -2.35. The zero-order chi connectivity index (χ0) is 13.8. The van der Waals surface area contributed by atoms with E-state index in [1.807, 2.05) is 13.8 Å². The van der Waals surface area contributed by atoms with E-state index in [1.54, 1.807) is 18.3 Å². The fourth-order valence-electron chi connectivity index (χ4n) is 2.29. The highest BCUT2D eigenvalue weighted by molar-refractivity contribution is 5.95. The van der Waals surface area contributed by atoms with Crippen LogP contribution < -0.4 is 10.5 Å². The summed E-state index contributed by atoms with van der Waals surface area (Å²) in [4.78, 5) is 4.08. The van der Waals surface area contributed by atoms with Gasteiger partial charge < -0.3 is 20.4 Å². The molecule has 0 radical (unpaired) electrons. The molecule has 2 rings (SSSR count). The van der Waals surface area contributed by atoms with Gasteiger partial charge in [-0.15, -0.1) is 0 Å². The van der Waals surface area contributed by atoms with Crippen LogP contribution in [0, 0.1) is 0 Å². The van der Waals surface area contributed by atoms with Crippen LogP contribution in [0.5, 0.6) is 5.75 Å². The highest BCUT2D eigenvalue weighted by Crippen LogP contribution is 2.23. The van der Waals surface area contributed by atoms with E-state index in [4.69, 9.17) is 20.4 Å². The maximum absolute atomic E-state index is 8.55. The molecule has 0 bridgehead atoms. The largest absolute Gasteiger partial charge is 0.489 e. The van der Waals surface area contributed by atoms with Crippen LogP contribution in [0.2, 0.25) is 0 Å². The molecule has 0 amide bonds. The van der Waals surface area contributed by atoms with Gasteiger partial charge in [0.25, 0.3) is 0 Å². The van der Waals surface area contributed by atoms with Crippen LogP contribution in [0.4, 0.5) is 0 Å². The molecule has 1 aromatic rings. The third kappa shape index (κ3) is 3.57. The Labute approximate surface area is 112 Å². The number of aromatic nitrogens is 1. The molecule has 2 unspecified atom stereocenters. The van der Waals surface area contributed by atoms with Gasteiger partial charge in [0.1, 0.15) is 17.5 Å². The number of nitrogens with two attached hydrogens (primary N) is 1. The van der Waals surface area contributed by atoms with Crippen molar-refractivity contribution in [3.05, 3.63) is 24.0 Å². The molecule has 1 aliphatic rings. The normalized spacial score (nSPS) is 28.1. The summed E-state index contributed by atoms with van der Waals surface area (Å²) in [6.07, 6.45) is 3.86. The third-order valence-corrected chi connectivity index (χ3v) is 3.06. The molecule has 1 fully saturated rings. The van der Waals surface area contributed by atoms with E-state index in [0.29, 0.717) is 11.4 Å². The average Bonchev–Trinajstić information content (AvgIpc) is 2.37. The minimum Gasteiger partial charge on any atom is -0.489 e. The van der Waals surface area contributed by atoms with Gasteiger partial charge in [-0.25, -0.2) is 4.98 Å². The van der Waals surface area contributed by atoms with Crippen molar-refractivity contribution in [2.75, 3.05) is 0 Å². The molecule has 19 heavy (non-hydrogen) atoms. The Morgan fingerprint density at radius 3 is 2.63 bits per heavy atom. The molecule has 6 nitrogen and oxygen atoms in total. The molecule has 1 aliphatic heterocycles. The summed E-state index contributed by atoms with van der Waals surface area (Å²) >= 11 is 0. The molecular formula is C13H19N3O3. The van der Waals surface area contributed by atoms with Crippen molar-refractivity contribution in [3.63, 3.8) is 0 Å². The highest BCUT2D eigenvalue weighted by Gasteiger charge is 2.25. The number of hydrogen-bond donors (Lipinski definition) is 2. The molecule has 0 spiro atoms. The second-order valence-electron chi connectivity index (χ2n) is 4.83. The summed E-state index contributed by atoms with van der Waals surface area (Å²) in [7, 11) is 0. The Hall–Kier alpha value is -1.82. The van der Waals surface area contributed by atoms with Crippen LogP contribution in [0.25, 0.3) is 0 Å². The van der Waals surface area contributed by atoms with Crippen LogP contribution in [0.3, 0.4) is 0 Å². The number of oxime groups is 1. The minimum atomic E-state index is -0.0140. The fourth-order valence-corrected chi connectivity index (χ4v) is 2.29. The van der Waals surface area contributed by atoms with E-state index >= 15 is 0 Å². The van der Waals surface area contributed by atoms with Crippen molar-refractivity contribution in [2.24, 2.45) is 10.9 Å². The van der Waals surface area contributed by atoms with Gasteiger partial charge in [-0.05, 0) is 26.0 Å². The number of pyridine rings is 1. The predicted octanol–water partition coefficient (Wildman–Crippen LogP) is 1.51. The van der Waals surface area contributed by atoms with Crippen molar-refractivity contribution in [3.8, 4) is 5.75 Å². The molecule has 0 aliphatic carbocycles. The average molecular weight is 265 g/mol. The molecule has 2 heterocycles. The minimum absolute atomic E-state index is 0.0140. The number of rotatable bonds is 3. The molecule has 104 valence electrons. The Morgan fingerprint density at radius 1 is 1.42 bits per heavy atom. The lowest BCUT2D eigenvalue weighted by Gasteiger charge is -2.32. The van der Waals surface area contributed by atoms with Crippen LogP contribution in [0.1, 0.15) is 32.4 Å². The monoisotopic (exact) mass is 265 g/mol. The maximum atomic E-state index is 8.55. The topological polar surface area (TPSA) is 90.0 Å². The Morgan fingerprint density at radius 2 is 2.11 bits per heavy atom. The SMILES string of the molecule is CC1CC(Oc2ccc(/C(N)=N/O)nc2)CC(C)O1. The van der Waals surface area contributed by atoms with Gasteiger partial charge in [0, 0.05) is 12.8 Å². The maximum Gasteiger partial charge on any atom is 0.188 e. The van der Waals surface area contributed by atoms with Gasteiger partial charge in [-0.3, -0.25) is 0 Å². The molecule has 3 N–H and O–H groups in total. The van der Waals surface area contributed by atoms with Crippen molar-refractivity contribution < 1.29 is 14.7 Å². The zero-order valence-electron chi connectivity index (χ0n) is 11.1. The van der Waals surface area contributed by atoms with Crippen molar-refractivity contribution in [2.45, 2.75) is 45.0 Å². The Bertz CT molecular complexity index is 437. The van der Waals surface area contributed by atoms with Crippen LogP contribution in [0.15, 0.2) is 23.5 Å². The van der Waals surface area contributed by atoms with Crippen LogP contribution in [-0.4, -0.2) is 34.3 Å². The van der Waals surface area contributed by atoms with Gasteiger partial charge in [-0.2, -0.15) is 0 Å². The summed E-state index contributed by atoms with van der Waals surface area (Å²) in [5.74, 6) is 0.667. The molecule has 1 saturated heterocycles. The summed E-state index contributed by atoms with van der Waals surface area (Å²) in [6, 6.07) is 3.43. The molecule has 2 atom stereocenters. The quantitative estimate of drug-likeness (QED) is 0.374. The van der Waals surface area contributed by atoms with E-state index in [0.717, 1.165) is 12.8 Å². The van der Waals surface area contributed by atoms with Gasteiger partial charge >= 0.3 is 0 Å². The molecule has 0 aromatic carbocycles. The third-order valence-electron chi connectivity index (χ3n) is 3.06. The van der Waals surface area contributed by atoms with E-state index in [1.165, 1.54) is 0 Å². The lowest BCUT2D eigenvalue weighted by atomic mass is 10.0. The summed E-state index contributed by atoms with van der Waals surface area (Å²) < 4.78 is 11.5. The van der Waals surface area contributed by atoms with E-state index in [-0.39, 0.29) is 24.1 Å². The zero-order valence-corrected chi connectivity index (χ0v) is 11.1. The van der Waals surface area contributed by atoms with Gasteiger partial charge in [0.2, 0.25) is 0 Å². The molecule has 0 saturated carbocycles. The van der Waals surface area contributed by atoms with Gasteiger partial charge in [0.15, 0.2) is 5.84 Å². The van der Waals surface area contributed by atoms with Crippen molar-refractivity contribution in [1.29, 1.82) is 0 Å². The second-order valence-corrected chi connectivity index (χ2v) is 4.83. The molecule has 6 heteroatoms. The van der Waals surface area contributed by atoms with E-state index < -0.39 is 0 Å². The van der Waals surface area contributed by atoms with E-state index in [2.05, 4.69) is 10.1 Å². The number of hydrogen-bond acceptors (Lipinski definition) is 5. The standard InChI is InChI=1S/C13H19N3O3/c1-8-5-11(6-9(2)18-8)19-10-3-4-12(15-7-10)13(14)16-17/h3-4,7-9,11,17H,5-6H2,1-2H3,(H2,14,16). The summed E-state index contributed by atoms with van der Waals surface area (Å²) in [6.45, 7) is 4.09. The molecular weight excluding hydrogens is 246 g/mol. The van der Waals surface area contributed by atoms with Crippen LogP contribution in [-0.2, 0) is 4.74 Å². The van der Waals surface area contributed by atoms with Crippen molar-refractivity contribution in [1.82, 2.24) is 4.98 Å². The smallest absolute Gasteiger partial charge is 0.188 e. The fraction of sp³-hybridized carbons (Fsp3) is 0.538. The highest BCUT2D eigenvalue weighted by atomic mass is 16.5. The predicted molar refractivity (Wildman–Crippen MR) is 70.4 cm³/mol. The van der Waals surface area contributed by atoms with Crippen molar-refractivity contribution >= 4 is 5.84 Å². The first-order valence-electron chi connectivity index (χ1n) is 6.34.